The Labute approximate surface area is 451 Å². The predicted molar refractivity (Wildman–Crippen MR) is 295 cm³/mol. The topological polar surface area (TPSA) is 154 Å². The molecule has 0 bridgehead atoms. The van der Waals surface area contributed by atoms with Gasteiger partial charge in [-0.1, -0.05) is 103 Å². The van der Waals surface area contributed by atoms with Gasteiger partial charge in [0.05, 0.1) is 46.9 Å². The van der Waals surface area contributed by atoms with E-state index in [0.29, 0.717) is 63.7 Å². The molecule has 7 aliphatic heterocycles. The average Bonchev–Trinajstić information content (AvgIpc) is 3.99. The summed E-state index contributed by atoms with van der Waals surface area (Å²) in [6.45, 7) is 24.5. The van der Waals surface area contributed by atoms with Gasteiger partial charge in [-0.2, -0.15) is 5.26 Å². The van der Waals surface area contributed by atoms with Gasteiger partial charge < -0.3 is 19.7 Å². The van der Waals surface area contributed by atoms with Crippen LogP contribution < -0.4 is 36.9 Å². The number of nitrogens with zero attached hydrogens (tertiary/aromatic N) is 5. The highest BCUT2D eigenvalue weighted by Gasteiger charge is 2.64. The Hall–Kier alpha value is -2.85. The number of ether oxygens (including phenoxy) is 2. The van der Waals surface area contributed by atoms with Crippen molar-refractivity contribution in [1.82, 2.24) is 46.8 Å². The molecule has 6 saturated heterocycles. The number of nitrogens with one attached hydrogen (secondary N) is 6. The molecule has 1 amide bonds. The zero-order chi connectivity index (χ0) is 51.5. The molecule has 2 aromatic rings. The second-order valence-electron chi connectivity index (χ2n) is 25.3. The van der Waals surface area contributed by atoms with Crippen LogP contribution >= 0.6 is 23.4 Å². The van der Waals surface area contributed by atoms with E-state index in [1.54, 1.807) is 18.2 Å². The highest BCUT2D eigenvalue weighted by Crippen LogP contribution is 2.56. The van der Waals surface area contributed by atoms with Crippen LogP contribution in [0.5, 0.6) is 5.75 Å². The van der Waals surface area contributed by atoms with Gasteiger partial charge in [0.15, 0.2) is 0 Å². The summed E-state index contributed by atoms with van der Waals surface area (Å²) >= 11 is 8.46. The van der Waals surface area contributed by atoms with Crippen molar-refractivity contribution < 1.29 is 14.3 Å². The fourth-order valence-corrected chi connectivity index (χ4v) is 17.7. The van der Waals surface area contributed by atoms with Crippen LogP contribution in [0.1, 0.15) is 123 Å². The van der Waals surface area contributed by atoms with Gasteiger partial charge in [-0.3, -0.25) is 35.5 Å². The third-order valence-electron chi connectivity index (χ3n) is 19.6. The summed E-state index contributed by atoms with van der Waals surface area (Å²) in [4.78, 5) is 27.6. The van der Waals surface area contributed by atoms with Crippen molar-refractivity contribution in [3.05, 3.63) is 64.2 Å². The minimum Gasteiger partial charge on any atom is -0.489 e. The number of rotatable bonds is 13. The molecule has 0 aromatic heterocycles. The van der Waals surface area contributed by atoms with Crippen molar-refractivity contribution in [1.29, 1.82) is 5.26 Å². The van der Waals surface area contributed by atoms with Crippen molar-refractivity contribution in [2.45, 2.75) is 166 Å². The Balaban J connectivity index is 0.644. The number of hydrogen-bond acceptors (Lipinski definition) is 14. The largest absolute Gasteiger partial charge is 0.489 e. The first-order valence-electron chi connectivity index (χ1n) is 28.7. The lowest BCUT2D eigenvalue weighted by molar-refractivity contribution is -0.174. The van der Waals surface area contributed by atoms with Gasteiger partial charge in [-0.15, -0.1) is 11.8 Å². The summed E-state index contributed by atoms with van der Waals surface area (Å²) in [6.07, 6.45) is 12.5. The molecular formula is C58H86ClN11O3S. The summed E-state index contributed by atoms with van der Waals surface area (Å²) in [5, 5.41) is 25.3. The third-order valence-corrected chi connectivity index (χ3v) is 21.6. The number of piperidine rings is 1. The van der Waals surface area contributed by atoms with Crippen LogP contribution in [0.15, 0.2) is 47.5 Å². The number of fused-ring (bicyclic) bond motifs is 3. The van der Waals surface area contributed by atoms with Gasteiger partial charge in [0.25, 0.3) is 0 Å². The van der Waals surface area contributed by atoms with Crippen LogP contribution in [0.4, 0.5) is 0 Å². The number of nitriles is 1. The van der Waals surface area contributed by atoms with Crippen LogP contribution in [0, 0.1) is 57.7 Å². The Morgan fingerprint density at radius 1 is 0.946 bits per heavy atom. The normalized spacial score (nSPS) is 37.1. The van der Waals surface area contributed by atoms with Gasteiger partial charge in [0.2, 0.25) is 5.91 Å². The van der Waals surface area contributed by atoms with Gasteiger partial charge in [-0.25, -0.2) is 10.9 Å². The SMILES string of the molecule is CC1SC2C(C(c3ccc(CC4CN(CC5CCN(C6NCC(C(=O)NC7C(C)(C)C(Oc8ccc(C#N)c(Cl)c8)C7(C)C)CN6)CC5)C4)cc3)=N[C@@H](CC3(C4CCCCCC4)NCCO3)C3NNC(C)N23)C1C. The molecular weight excluding hydrogens is 966 g/mol. The molecule has 8 fully saturated rings. The molecule has 2 aliphatic carbocycles. The minimum absolute atomic E-state index is 0.0532. The fourth-order valence-electron chi connectivity index (χ4n) is 15.6. The van der Waals surface area contributed by atoms with E-state index in [1.807, 2.05) is 0 Å². The van der Waals surface area contributed by atoms with Crippen molar-refractivity contribution in [3.63, 3.8) is 0 Å². The molecule has 0 spiro atoms. The van der Waals surface area contributed by atoms with Crippen LogP contribution in [0.3, 0.4) is 0 Å². The summed E-state index contributed by atoms with van der Waals surface area (Å²) in [5.41, 5.74) is 11.0. The van der Waals surface area contributed by atoms with Gasteiger partial charge in [0, 0.05) is 105 Å². The Bertz CT molecular complexity index is 2350. The number of hydrogen-bond donors (Lipinski definition) is 6. The monoisotopic (exact) mass is 1050 g/mol. The molecule has 11 rings (SSSR count). The number of thioether (sulfide) groups is 1. The molecule has 14 nitrogen and oxygen atoms in total. The number of likely N-dealkylation sites (tertiary alicyclic amines) is 2. The molecule has 0 radical (unpaired) electrons. The molecule has 8 atom stereocenters. The molecule has 7 heterocycles. The lowest BCUT2D eigenvalue weighted by Crippen LogP contribution is -2.75. The van der Waals surface area contributed by atoms with Crippen molar-refractivity contribution in [2.75, 3.05) is 59.0 Å². The van der Waals surface area contributed by atoms with E-state index in [1.165, 1.54) is 87.8 Å². The number of benzene rings is 2. The third kappa shape index (κ3) is 10.4. The first kappa shape index (κ1) is 53.2. The first-order valence-corrected chi connectivity index (χ1v) is 30.0. The maximum Gasteiger partial charge on any atom is 0.225 e. The zero-order valence-corrected chi connectivity index (χ0v) is 46.9. The summed E-state index contributed by atoms with van der Waals surface area (Å²) in [6, 6.07) is 17.0. The van der Waals surface area contributed by atoms with Gasteiger partial charge >= 0.3 is 0 Å². The number of hydrazine groups is 1. The van der Waals surface area contributed by atoms with Crippen LogP contribution in [-0.4, -0.2) is 138 Å². The molecule has 9 aliphatic rings. The number of halogens is 1. The Morgan fingerprint density at radius 2 is 1.66 bits per heavy atom. The second kappa shape index (κ2) is 21.8. The number of aliphatic imine (C=N–C) groups is 1. The molecule has 7 unspecified atom stereocenters. The van der Waals surface area contributed by atoms with Crippen LogP contribution in [0.2, 0.25) is 5.02 Å². The highest BCUT2D eigenvalue weighted by atomic mass is 35.5. The molecule has 6 N–H and O–H groups in total. The fraction of sp³-hybridized carbons (Fsp3) is 0.741. The second-order valence-corrected chi connectivity index (χ2v) is 27.2. The summed E-state index contributed by atoms with van der Waals surface area (Å²) in [5.74, 6) is 3.39. The zero-order valence-electron chi connectivity index (χ0n) is 45.3. The van der Waals surface area contributed by atoms with E-state index >= 15 is 0 Å². The molecule has 404 valence electrons. The highest BCUT2D eigenvalue weighted by molar-refractivity contribution is 8.00. The molecule has 2 aromatic carbocycles. The van der Waals surface area contributed by atoms with E-state index in [0.717, 1.165) is 45.0 Å². The predicted octanol–water partition coefficient (Wildman–Crippen LogP) is 7.13. The van der Waals surface area contributed by atoms with Gasteiger partial charge in [-0.05, 0) is 80.0 Å². The lowest BCUT2D eigenvalue weighted by atomic mass is 9.49. The van der Waals surface area contributed by atoms with E-state index in [-0.39, 0.29) is 65.2 Å². The van der Waals surface area contributed by atoms with E-state index in [4.69, 9.17) is 26.1 Å². The standard InChI is InChI=1S/C58H86ClN11O3S/c1-35-36(2)74-52-48(35)49(64-47(50-67-66-37(3)70(50)52)28-58(63-22-25-72-58)44-12-10-8-9-11-13-44)41-16-14-38(15-17-41)26-40-33-68(34-40)32-39-20-23-69(24-21-39)55-61-30-43(31-62-55)51(71)65-53-56(4,5)54(57(53,6)7)73-45-19-18-42(29-60)46(59)27-45/h14-19,27,35-37,39-40,43-44,47-48,50,52-55,61-63,66-67H,8-13,20-26,28,30-34H2,1-7H3,(H,65,71)/t35?,36?,37?,43?,47-,48?,50?,52?,53?,54?,55?,58?/m0/s1. The maximum absolute atomic E-state index is 13.7. The smallest absolute Gasteiger partial charge is 0.225 e. The average molecular weight is 1050 g/mol. The maximum atomic E-state index is 13.7. The quantitative estimate of drug-likeness (QED) is 0.113. The molecule has 74 heavy (non-hydrogen) atoms. The van der Waals surface area contributed by atoms with E-state index in [2.05, 4.69) is 137 Å². The minimum atomic E-state index is -0.313. The molecule has 2 saturated carbocycles. The van der Waals surface area contributed by atoms with Gasteiger partial charge in [0.1, 0.15) is 29.9 Å². The van der Waals surface area contributed by atoms with Crippen LogP contribution in [0.25, 0.3) is 0 Å². The van der Waals surface area contributed by atoms with Crippen LogP contribution in [-0.2, 0) is 16.0 Å². The van der Waals surface area contributed by atoms with E-state index < -0.39 is 0 Å². The summed E-state index contributed by atoms with van der Waals surface area (Å²) < 4.78 is 13.3. The first-order chi connectivity index (χ1) is 35.6. The van der Waals surface area contributed by atoms with Crippen molar-refractivity contribution in [2.24, 2.45) is 51.3 Å². The Morgan fingerprint density at radius 3 is 2.32 bits per heavy atom. The number of amides is 1. The number of carbonyl (C=O) groups excluding carboxylic acids is 1. The van der Waals surface area contributed by atoms with Crippen molar-refractivity contribution in [3.8, 4) is 11.8 Å². The molecule has 16 heteroatoms. The lowest BCUT2D eigenvalue weighted by Gasteiger charge is -2.63. The Kier molecular flexibility index (Phi) is 15.6. The van der Waals surface area contributed by atoms with Crippen molar-refractivity contribution >= 4 is 35.0 Å². The number of carbonyl (C=O) groups is 1. The summed E-state index contributed by atoms with van der Waals surface area (Å²) in [7, 11) is 0. The van der Waals surface area contributed by atoms with E-state index in [9.17, 15) is 10.1 Å².